The first-order chi connectivity index (χ1) is 14.2. The van der Waals surface area contributed by atoms with Gasteiger partial charge in [0.05, 0.1) is 0 Å². The Bertz CT molecular complexity index is 740. The second kappa shape index (κ2) is 10.8. The molecule has 1 aliphatic rings. The minimum atomic E-state index is 0.502. The fourth-order valence-corrected chi connectivity index (χ4v) is 3.66. The van der Waals surface area contributed by atoms with E-state index in [1.165, 1.54) is 5.56 Å². The number of anilines is 1. The zero-order valence-electron chi connectivity index (χ0n) is 18.0. The molecule has 1 fully saturated rings. The monoisotopic (exact) mass is 394 g/mol. The van der Waals surface area contributed by atoms with Crippen LogP contribution in [-0.4, -0.2) is 73.6 Å². The molecule has 0 spiro atoms. The van der Waals surface area contributed by atoms with Crippen LogP contribution < -0.4 is 10.2 Å². The number of nitrogens with zero attached hydrogens (tertiary/aromatic N) is 5. The lowest BCUT2D eigenvalue weighted by Gasteiger charge is -2.37. The fraction of sp³-hybridized carbons (Fsp3) is 0.478. The van der Waals surface area contributed by atoms with Crippen molar-refractivity contribution in [3.63, 3.8) is 0 Å². The maximum Gasteiger partial charge on any atom is 0.193 e. The van der Waals surface area contributed by atoms with Gasteiger partial charge in [0.1, 0.15) is 5.82 Å². The Balaban J connectivity index is 1.40. The summed E-state index contributed by atoms with van der Waals surface area (Å²) in [6.07, 6.45) is 2.94. The lowest BCUT2D eigenvalue weighted by molar-refractivity contribution is 0.238. The molecule has 2 heterocycles. The first-order valence-electron chi connectivity index (χ1n) is 10.5. The maximum absolute atomic E-state index is 4.50. The highest BCUT2D eigenvalue weighted by Gasteiger charge is 2.20. The van der Waals surface area contributed by atoms with Crippen LogP contribution in [0.4, 0.5) is 5.82 Å². The third-order valence-electron chi connectivity index (χ3n) is 5.64. The molecule has 156 valence electrons. The summed E-state index contributed by atoms with van der Waals surface area (Å²) < 4.78 is 0. The predicted molar refractivity (Wildman–Crippen MR) is 121 cm³/mol. The molecular weight excluding hydrogens is 360 g/mol. The van der Waals surface area contributed by atoms with Gasteiger partial charge in [-0.3, -0.25) is 9.89 Å². The first kappa shape index (κ1) is 21.1. The molecule has 6 heteroatoms. The van der Waals surface area contributed by atoms with Gasteiger partial charge in [-0.15, -0.1) is 0 Å². The molecule has 0 bridgehead atoms. The molecule has 29 heavy (non-hydrogen) atoms. The Morgan fingerprint density at radius 2 is 1.83 bits per heavy atom. The van der Waals surface area contributed by atoms with Gasteiger partial charge in [0.25, 0.3) is 0 Å². The van der Waals surface area contributed by atoms with Crippen LogP contribution in [-0.2, 0) is 6.54 Å². The highest BCUT2D eigenvalue weighted by atomic mass is 15.4. The Hall–Kier alpha value is -2.60. The summed E-state index contributed by atoms with van der Waals surface area (Å²) in [5.74, 6) is 2.06. The van der Waals surface area contributed by atoms with E-state index >= 15 is 0 Å². The summed E-state index contributed by atoms with van der Waals surface area (Å²) in [6, 6.07) is 17.2. The Morgan fingerprint density at radius 3 is 2.48 bits per heavy atom. The van der Waals surface area contributed by atoms with Crippen molar-refractivity contribution in [2.24, 2.45) is 4.99 Å². The standard InChI is InChI=1S/C23H34N6/c1-20(27(3)19-21-9-5-4-6-10-21)12-14-26-23(24-2)29-17-15-28(16-18-29)22-11-7-8-13-25-22/h4-11,13,20H,12,14-19H2,1-3H3,(H,24,26). The van der Waals surface area contributed by atoms with Crippen LogP contribution >= 0.6 is 0 Å². The maximum atomic E-state index is 4.50. The van der Waals surface area contributed by atoms with Gasteiger partial charge in [-0.05, 0) is 38.1 Å². The topological polar surface area (TPSA) is 47.0 Å². The van der Waals surface area contributed by atoms with Crippen LogP contribution in [0.15, 0.2) is 59.7 Å². The van der Waals surface area contributed by atoms with Gasteiger partial charge in [-0.1, -0.05) is 36.4 Å². The second-order valence-corrected chi connectivity index (χ2v) is 7.67. The van der Waals surface area contributed by atoms with Gasteiger partial charge in [0, 0.05) is 58.6 Å². The molecule has 0 saturated carbocycles. The molecule has 1 saturated heterocycles. The number of nitrogens with one attached hydrogen (secondary N) is 1. The van der Waals surface area contributed by atoms with E-state index in [-0.39, 0.29) is 0 Å². The van der Waals surface area contributed by atoms with Gasteiger partial charge in [-0.2, -0.15) is 0 Å². The van der Waals surface area contributed by atoms with E-state index in [4.69, 9.17) is 0 Å². The van der Waals surface area contributed by atoms with E-state index in [0.29, 0.717) is 6.04 Å². The van der Waals surface area contributed by atoms with Gasteiger partial charge in [0.2, 0.25) is 0 Å². The number of pyridine rings is 1. The van der Waals surface area contributed by atoms with Crippen molar-refractivity contribution in [3.05, 3.63) is 60.3 Å². The summed E-state index contributed by atoms with van der Waals surface area (Å²) in [6.45, 7) is 8.04. The summed E-state index contributed by atoms with van der Waals surface area (Å²) in [7, 11) is 4.07. The van der Waals surface area contributed by atoms with Crippen LogP contribution in [0.2, 0.25) is 0 Å². The van der Waals surface area contributed by atoms with E-state index in [2.05, 4.69) is 80.4 Å². The van der Waals surface area contributed by atoms with Crippen molar-refractivity contribution in [3.8, 4) is 0 Å². The smallest absolute Gasteiger partial charge is 0.193 e. The lowest BCUT2D eigenvalue weighted by atomic mass is 10.1. The number of hydrogen-bond acceptors (Lipinski definition) is 4. The van der Waals surface area contributed by atoms with Crippen molar-refractivity contribution >= 4 is 11.8 Å². The van der Waals surface area contributed by atoms with Gasteiger partial charge >= 0.3 is 0 Å². The third-order valence-corrected chi connectivity index (χ3v) is 5.64. The molecule has 1 unspecified atom stereocenters. The Kier molecular flexibility index (Phi) is 7.87. The highest BCUT2D eigenvalue weighted by molar-refractivity contribution is 5.80. The minimum absolute atomic E-state index is 0.502. The SMILES string of the molecule is CN=C(NCCC(C)N(C)Cc1ccccc1)N1CCN(c2ccccn2)CC1. The van der Waals surface area contributed by atoms with E-state index < -0.39 is 0 Å². The first-order valence-corrected chi connectivity index (χ1v) is 10.5. The zero-order chi connectivity index (χ0) is 20.5. The van der Waals surface area contributed by atoms with E-state index in [1.807, 2.05) is 25.4 Å². The minimum Gasteiger partial charge on any atom is -0.356 e. The molecule has 1 atom stereocenters. The Morgan fingerprint density at radius 1 is 1.10 bits per heavy atom. The number of hydrogen-bond donors (Lipinski definition) is 1. The molecule has 3 rings (SSSR count). The molecule has 1 aliphatic heterocycles. The van der Waals surface area contributed by atoms with Crippen molar-refractivity contribution in [1.82, 2.24) is 20.1 Å². The Labute approximate surface area is 175 Å². The number of aliphatic imine (C=N–C) groups is 1. The van der Waals surface area contributed by atoms with Crippen LogP contribution in [0, 0.1) is 0 Å². The molecule has 1 N–H and O–H groups in total. The molecule has 1 aromatic heterocycles. The average Bonchev–Trinajstić information content (AvgIpc) is 2.78. The van der Waals surface area contributed by atoms with Crippen LogP contribution in [0.5, 0.6) is 0 Å². The number of rotatable bonds is 7. The van der Waals surface area contributed by atoms with E-state index in [1.54, 1.807) is 0 Å². The molecular formula is C23H34N6. The summed E-state index contributed by atoms with van der Waals surface area (Å²) in [4.78, 5) is 16.1. The quantitative estimate of drug-likeness (QED) is 0.578. The van der Waals surface area contributed by atoms with Crippen molar-refractivity contribution in [2.75, 3.05) is 51.7 Å². The summed E-state index contributed by atoms with van der Waals surface area (Å²) >= 11 is 0. The van der Waals surface area contributed by atoms with E-state index in [9.17, 15) is 0 Å². The molecule has 6 nitrogen and oxygen atoms in total. The van der Waals surface area contributed by atoms with Gasteiger partial charge in [-0.25, -0.2) is 4.98 Å². The van der Waals surface area contributed by atoms with Gasteiger partial charge < -0.3 is 15.1 Å². The average molecular weight is 395 g/mol. The number of aromatic nitrogens is 1. The van der Waals surface area contributed by atoms with Crippen molar-refractivity contribution in [2.45, 2.75) is 25.9 Å². The normalized spacial score (nSPS) is 16.2. The van der Waals surface area contributed by atoms with Gasteiger partial charge in [0.15, 0.2) is 5.96 Å². The molecule has 1 aromatic carbocycles. The molecule has 0 amide bonds. The fourth-order valence-electron chi connectivity index (χ4n) is 3.66. The number of piperazine rings is 1. The van der Waals surface area contributed by atoms with Crippen LogP contribution in [0.3, 0.4) is 0 Å². The van der Waals surface area contributed by atoms with Crippen molar-refractivity contribution in [1.29, 1.82) is 0 Å². The zero-order valence-corrected chi connectivity index (χ0v) is 18.0. The van der Waals surface area contributed by atoms with Crippen LogP contribution in [0.25, 0.3) is 0 Å². The second-order valence-electron chi connectivity index (χ2n) is 7.67. The van der Waals surface area contributed by atoms with Crippen LogP contribution in [0.1, 0.15) is 18.9 Å². The lowest BCUT2D eigenvalue weighted by Crippen LogP contribution is -2.53. The summed E-state index contributed by atoms with van der Waals surface area (Å²) in [5, 5.41) is 3.56. The third kappa shape index (κ3) is 6.19. The largest absolute Gasteiger partial charge is 0.356 e. The molecule has 0 aliphatic carbocycles. The van der Waals surface area contributed by atoms with E-state index in [0.717, 1.165) is 57.5 Å². The highest BCUT2D eigenvalue weighted by Crippen LogP contribution is 2.13. The molecule has 2 aromatic rings. The summed E-state index contributed by atoms with van der Waals surface area (Å²) in [5.41, 5.74) is 1.36. The number of guanidine groups is 1. The molecule has 0 radical (unpaired) electrons. The number of benzene rings is 1. The predicted octanol–water partition coefficient (Wildman–Crippen LogP) is 2.69. The van der Waals surface area contributed by atoms with Crippen molar-refractivity contribution < 1.29 is 0 Å².